The molecule has 0 aliphatic rings. The van der Waals surface area contributed by atoms with Crippen LogP contribution in [0.2, 0.25) is 0 Å². The predicted molar refractivity (Wildman–Crippen MR) is 111 cm³/mol. The van der Waals surface area contributed by atoms with Gasteiger partial charge in [-0.3, -0.25) is 4.79 Å². The van der Waals surface area contributed by atoms with Crippen molar-refractivity contribution in [3.05, 3.63) is 53.6 Å². The lowest BCUT2D eigenvalue weighted by Crippen LogP contribution is -2.30. The van der Waals surface area contributed by atoms with Gasteiger partial charge in [0.1, 0.15) is 0 Å². The average Bonchev–Trinajstić information content (AvgIpc) is 3.20. The lowest BCUT2D eigenvalue weighted by molar-refractivity contribution is -0.120. The zero-order chi connectivity index (χ0) is 20.8. The lowest BCUT2D eigenvalue weighted by atomic mass is 10.1. The van der Waals surface area contributed by atoms with Gasteiger partial charge in [0.05, 0.1) is 19.5 Å². The van der Waals surface area contributed by atoms with E-state index in [1.165, 1.54) is 11.8 Å². The summed E-state index contributed by atoms with van der Waals surface area (Å²) in [5.41, 5.74) is 2.88. The number of carbonyl (C=O) groups excluding carboxylic acids is 1. The van der Waals surface area contributed by atoms with Crippen LogP contribution in [0.3, 0.4) is 0 Å². The van der Waals surface area contributed by atoms with Crippen LogP contribution in [-0.4, -0.2) is 35.6 Å². The second-order valence-electron chi connectivity index (χ2n) is 6.41. The number of thioether (sulfide) groups is 1. The van der Waals surface area contributed by atoms with Crippen LogP contribution in [0.25, 0.3) is 11.5 Å². The van der Waals surface area contributed by atoms with E-state index in [2.05, 4.69) is 15.5 Å². The first kappa shape index (κ1) is 20.7. The number of carbonyl (C=O) groups is 1. The van der Waals surface area contributed by atoms with Gasteiger partial charge in [0, 0.05) is 12.1 Å². The van der Waals surface area contributed by atoms with Gasteiger partial charge in [-0.15, -0.1) is 10.2 Å². The summed E-state index contributed by atoms with van der Waals surface area (Å²) < 4.78 is 16.2. The topological polar surface area (TPSA) is 86.5 Å². The third kappa shape index (κ3) is 5.29. The minimum absolute atomic E-state index is 0.125. The second-order valence-corrected chi connectivity index (χ2v) is 7.70. The van der Waals surface area contributed by atoms with Gasteiger partial charge in [-0.05, 0) is 43.7 Å². The number of aryl methyl sites for hydroxylation is 1. The molecule has 1 atom stereocenters. The fourth-order valence-electron chi connectivity index (χ4n) is 2.68. The van der Waals surface area contributed by atoms with Crippen molar-refractivity contribution in [2.75, 3.05) is 14.2 Å². The number of rotatable bonds is 8. The Morgan fingerprint density at radius 2 is 1.93 bits per heavy atom. The molecular weight excluding hydrogens is 390 g/mol. The first-order valence-corrected chi connectivity index (χ1v) is 9.94. The molecule has 1 aromatic heterocycles. The predicted octanol–water partition coefficient (Wildman–Crippen LogP) is 3.86. The van der Waals surface area contributed by atoms with Crippen molar-refractivity contribution in [3.63, 3.8) is 0 Å². The lowest BCUT2D eigenvalue weighted by Gasteiger charge is -2.12. The number of benzene rings is 2. The van der Waals surface area contributed by atoms with Gasteiger partial charge in [0.25, 0.3) is 5.22 Å². The van der Waals surface area contributed by atoms with Crippen LogP contribution in [0.1, 0.15) is 18.1 Å². The number of ether oxygens (including phenoxy) is 2. The molecule has 0 aliphatic heterocycles. The molecule has 3 rings (SSSR count). The van der Waals surface area contributed by atoms with Gasteiger partial charge in [-0.1, -0.05) is 35.5 Å². The summed E-state index contributed by atoms with van der Waals surface area (Å²) >= 11 is 1.22. The first-order chi connectivity index (χ1) is 14.0. The minimum Gasteiger partial charge on any atom is -0.493 e. The molecule has 29 heavy (non-hydrogen) atoms. The van der Waals surface area contributed by atoms with Crippen molar-refractivity contribution in [1.29, 1.82) is 0 Å². The van der Waals surface area contributed by atoms with Crippen LogP contribution >= 0.6 is 11.8 Å². The average molecular weight is 413 g/mol. The van der Waals surface area contributed by atoms with E-state index in [4.69, 9.17) is 13.9 Å². The maximum atomic E-state index is 12.4. The zero-order valence-corrected chi connectivity index (χ0v) is 17.6. The fraction of sp³-hybridized carbons (Fsp3) is 0.286. The number of hydrogen-bond acceptors (Lipinski definition) is 7. The van der Waals surface area contributed by atoms with Crippen molar-refractivity contribution in [1.82, 2.24) is 15.5 Å². The molecule has 1 heterocycles. The van der Waals surface area contributed by atoms with E-state index in [9.17, 15) is 4.79 Å². The number of amides is 1. The smallest absolute Gasteiger partial charge is 0.277 e. The molecule has 0 saturated carbocycles. The van der Waals surface area contributed by atoms with E-state index in [0.717, 1.165) is 16.7 Å². The van der Waals surface area contributed by atoms with Crippen LogP contribution in [0.5, 0.6) is 11.5 Å². The highest BCUT2D eigenvalue weighted by Crippen LogP contribution is 2.28. The second kappa shape index (κ2) is 9.47. The Morgan fingerprint density at radius 3 is 2.66 bits per heavy atom. The number of aromatic nitrogens is 2. The third-order valence-corrected chi connectivity index (χ3v) is 5.17. The van der Waals surface area contributed by atoms with Gasteiger partial charge in [-0.2, -0.15) is 0 Å². The molecule has 1 N–H and O–H groups in total. The Hall–Kier alpha value is -3.00. The van der Waals surface area contributed by atoms with E-state index in [1.54, 1.807) is 21.1 Å². The van der Waals surface area contributed by atoms with E-state index < -0.39 is 0 Å². The van der Waals surface area contributed by atoms with E-state index in [1.807, 2.05) is 49.4 Å². The molecule has 0 spiro atoms. The Bertz CT molecular complexity index is 990. The Balaban J connectivity index is 1.57. The number of hydrogen-bond donors (Lipinski definition) is 1. The molecule has 7 nitrogen and oxygen atoms in total. The normalized spacial score (nSPS) is 11.7. The third-order valence-electron chi connectivity index (χ3n) is 4.23. The molecule has 0 radical (unpaired) electrons. The molecule has 0 fully saturated rings. The molecule has 0 saturated heterocycles. The quantitative estimate of drug-likeness (QED) is 0.561. The van der Waals surface area contributed by atoms with Crippen molar-refractivity contribution in [2.45, 2.75) is 30.9 Å². The van der Waals surface area contributed by atoms with E-state index >= 15 is 0 Å². The molecule has 3 aromatic rings. The maximum absolute atomic E-state index is 12.4. The van der Waals surface area contributed by atoms with E-state index in [0.29, 0.717) is 29.2 Å². The summed E-state index contributed by atoms with van der Waals surface area (Å²) in [7, 11) is 3.16. The molecule has 8 heteroatoms. The highest BCUT2D eigenvalue weighted by Gasteiger charge is 2.19. The van der Waals surface area contributed by atoms with Crippen LogP contribution in [0, 0.1) is 6.92 Å². The highest BCUT2D eigenvalue weighted by atomic mass is 32.2. The molecule has 0 bridgehead atoms. The Morgan fingerprint density at radius 1 is 1.14 bits per heavy atom. The molecule has 0 aliphatic carbocycles. The fourth-order valence-corrected chi connectivity index (χ4v) is 3.39. The summed E-state index contributed by atoms with van der Waals surface area (Å²) in [6.45, 7) is 4.17. The van der Waals surface area contributed by atoms with Gasteiger partial charge < -0.3 is 19.2 Å². The van der Waals surface area contributed by atoms with Crippen LogP contribution in [0.4, 0.5) is 0 Å². The molecule has 1 amide bonds. The molecule has 152 valence electrons. The summed E-state index contributed by atoms with van der Waals surface area (Å²) in [5.74, 6) is 1.58. The van der Waals surface area contributed by atoms with Gasteiger partial charge in [0.15, 0.2) is 11.5 Å². The number of methoxy groups -OCH3 is 2. The molecule has 2 aromatic carbocycles. The van der Waals surface area contributed by atoms with E-state index in [-0.39, 0.29) is 11.2 Å². The number of nitrogens with one attached hydrogen (secondary N) is 1. The zero-order valence-electron chi connectivity index (χ0n) is 16.8. The van der Waals surface area contributed by atoms with Crippen molar-refractivity contribution >= 4 is 17.7 Å². The van der Waals surface area contributed by atoms with Crippen LogP contribution in [0.15, 0.2) is 52.1 Å². The minimum atomic E-state index is -0.388. The van der Waals surface area contributed by atoms with Crippen molar-refractivity contribution in [3.8, 4) is 23.0 Å². The van der Waals surface area contributed by atoms with Gasteiger partial charge >= 0.3 is 0 Å². The van der Waals surface area contributed by atoms with Gasteiger partial charge in [-0.25, -0.2) is 0 Å². The standard InChI is InChI=1S/C21H23N3O4S/c1-13-6-5-7-16(10-13)20-23-24-21(28-20)29-14(2)19(25)22-12-15-8-9-17(26-3)18(11-15)27-4/h5-11,14H,12H2,1-4H3,(H,22,25)/t14-/m0/s1. The largest absolute Gasteiger partial charge is 0.493 e. The Labute approximate surface area is 173 Å². The SMILES string of the molecule is COc1ccc(CNC(=O)[C@H](C)Sc2nnc(-c3cccc(C)c3)o2)cc1OC. The van der Waals surface area contributed by atoms with Crippen molar-refractivity contribution < 1.29 is 18.7 Å². The number of nitrogens with zero attached hydrogens (tertiary/aromatic N) is 2. The van der Waals surface area contributed by atoms with Crippen LogP contribution in [-0.2, 0) is 11.3 Å². The summed E-state index contributed by atoms with van der Waals surface area (Å²) in [5, 5.41) is 11.0. The summed E-state index contributed by atoms with van der Waals surface area (Å²) in [6, 6.07) is 13.3. The maximum Gasteiger partial charge on any atom is 0.277 e. The molecular formula is C21H23N3O4S. The highest BCUT2D eigenvalue weighted by molar-refractivity contribution is 8.00. The Kier molecular flexibility index (Phi) is 6.77. The monoisotopic (exact) mass is 413 g/mol. The summed E-state index contributed by atoms with van der Waals surface area (Å²) in [4.78, 5) is 12.4. The summed E-state index contributed by atoms with van der Waals surface area (Å²) in [6.07, 6.45) is 0. The van der Waals surface area contributed by atoms with Gasteiger partial charge in [0.2, 0.25) is 11.8 Å². The van der Waals surface area contributed by atoms with Crippen molar-refractivity contribution in [2.24, 2.45) is 0 Å². The molecule has 0 unspecified atom stereocenters. The first-order valence-electron chi connectivity index (χ1n) is 9.06. The van der Waals surface area contributed by atoms with Crippen LogP contribution < -0.4 is 14.8 Å².